The molecule has 0 bridgehead atoms. The Morgan fingerprint density at radius 1 is 0.667 bits per heavy atom. The second kappa shape index (κ2) is 4.94. The number of hydrogen-bond acceptors (Lipinski definition) is 4. The maximum absolute atomic E-state index is 12.1. The second-order valence-corrected chi connectivity index (χ2v) is 4.99. The van der Waals surface area contributed by atoms with Gasteiger partial charge in [0.25, 0.3) is 0 Å². The van der Waals surface area contributed by atoms with Crippen LogP contribution in [0.3, 0.4) is 0 Å². The Labute approximate surface area is 120 Å². The number of phenolic OH excluding ortho intramolecular Hbond substituents is 2. The molecule has 0 saturated carbocycles. The van der Waals surface area contributed by atoms with Gasteiger partial charge in [0.2, 0.25) is 11.8 Å². The number of phenols is 2. The summed E-state index contributed by atoms with van der Waals surface area (Å²) in [4.78, 5) is 24.2. The number of hydrogen-bond donors (Lipinski definition) is 3. The number of rotatable bonds is 2. The number of imide groups is 1. The smallest absolute Gasteiger partial charge is 0.235 e. The minimum atomic E-state index is -0.636. The fourth-order valence-corrected chi connectivity index (χ4v) is 2.63. The van der Waals surface area contributed by atoms with E-state index >= 15 is 0 Å². The number of benzene rings is 2. The van der Waals surface area contributed by atoms with E-state index < -0.39 is 11.8 Å². The van der Waals surface area contributed by atoms with Gasteiger partial charge in [-0.05, 0) is 35.4 Å². The minimum absolute atomic E-state index is 0.102. The van der Waals surface area contributed by atoms with Gasteiger partial charge in [-0.2, -0.15) is 0 Å². The topological polar surface area (TPSA) is 86.6 Å². The van der Waals surface area contributed by atoms with Crippen molar-refractivity contribution in [1.82, 2.24) is 5.32 Å². The van der Waals surface area contributed by atoms with E-state index in [1.807, 2.05) is 0 Å². The highest BCUT2D eigenvalue weighted by Gasteiger charge is 2.43. The van der Waals surface area contributed by atoms with E-state index in [1.165, 1.54) is 24.3 Å². The largest absolute Gasteiger partial charge is 0.508 e. The molecule has 3 rings (SSSR count). The molecule has 2 aromatic carbocycles. The van der Waals surface area contributed by atoms with Gasteiger partial charge < -0.3 is 10.2 Å². The lowest BCUT2D eigenvalue weighted by Crippen LogP contribution is -2.21. The third-order valence-corrected chi connectivity index (χ3v) is 3.65. The van der Waals surface area contributed by atoms with Crippen LogP contribution < -0.4 is 5.32 Å². The third kappa shape index (κ3) is 2.33. The summed E-state index contributed by atoms with van der Waals surface area (Å²) < 4.78 is 0. The molecule has 1 saturated heterocycles. The first-order valence-corrected chi connectivity index (χ1v) is 6.49. The molecule has 3 N–H and O–H groups in total. The van der Waals surface area contributed by atoms with Gasteiger partial charge in [0.05, 0.1) is 11.8 Å². The molecule has 0 spiro atoms. The van der Waals surface area contributed by atoms with E-state index in [4.69, 9.17) is 0 Å². The Morgan fingerprint density at radius 2 is 1.00 bits per heavy atom. The molecule has 1 heterocycles. The standard InChI is InChI=1S/C16H13NO4/c18-11-5-1-9(2-6-11)13-14(16(21)17-15(13)20)10-3-7-12(19)8-4-10/h1-8,13-14,18-19H,(H,17,20,21)/t13-,14-/m1/s1. The quantitative estimate of drug-likeness (QED) is 0.731. The van der Waals surface area contributed by atoms with E-state index in [1.54, 1.807) is 24.3 Å². The highest BCUT2D eigenvalue weighted by atomic mass is 16.3. The zero-order valence-corrected chi connectivity index (χ0v) is 11.0. The van der Waals surface area contributed by atoms with Gasteiger partial charge in [0.1, 0.15) is 11.5 Å². The zero-order valence-electron chi connectivity index (χ0n) is 11.0. The summed E-state index contributed by atoms with van der Waals surface area (Å²) in [6.45, 7) is 0. The van der Waals surface area contributed by atoms with Crippen molar-refractivity contribution in [2.24, 2.45) is 0 Å². The normalized spacial score (nSPS) is 21.3. The third-order valence-electron chi connectivity index (χ3n) is 3.65. The second-order valence-electron chi connectivity index (χ2n) is 4.99. The lowest BCUT2D eigenvalue weighted by atomic mass is 9.83. The molecule has 5 nitrogen and oxygen atoms in total. The van der Waals surface area contributed by atoms with Crippen molar-refractivity contribution in [2.45, 2.75) is 11.8 Å². The molecule has 1 aliphatic rings. The van der Waals surface area contributed by atoms with Crippen LogP contribution in [0.15, 0.2) is 48.5 Å². The molecule has 2 atom stereocenters. The molecule has 1 fully saturated rings. The maximum atomic E-state index is 12.1. The van der Waals surface area contributed by atoms with Crippen LogP contribution >= 0.6 is 0 Å². The van der Waals surface area contributed by atoms with Crippen LogP contribution in [0.4, 0.5) is 0 Å². The number of carbonyl (C=O) groups excluding carboxylic acids is 2. The fourth-order valence-electron chi connectivity index (χ4n) is 2.63. The van der Waals surface area contributed by atoms with E-state index in [9.17, 15) is 19.8 Å². The van der Waals surface area contributed by atoms with Crippen molar-refractivity contribution in [1.29, 1.82) is 0 Å². The zero-order chi connectivity index (χ0) is 15.0. The molecule has 21 heavy (non-hydrogen) atoms. The lowest BCUT2D eigenvalue weighted by molar-refractivity contribution is -0.125. The Bertz CT molecular complexity index is 630. The van der Waals surface area contributed by atoms with E-state index in [0.717, 1.165) is 0 Å². The number of carbonyl (C=O) groups is 2. The predicted octanol–water partition coefficient (Wildman–Crippen LogP) is 1.62. The molecule has 0 aliphatic carbocycles. The van der Waals surface area contributed by atoms with E-state index in [-0.39, 0.29) is 23.3 Å². The summed E-state index contributed by atoms with van der Waals surface area (Å²) in [5.41, 5.74) is 1.32. The monoisotopic (exact) mass is 283 g/mol. The van der Waals surface area contributed by atoms with Crippen molar-refractivity contribution in [3.63, 3.8) is 0 Å². The SMILES string of the molecule is O=C1NC(=O)[C@H](c2ccc(O)cc2)[C@H]1c1ccc(O)cc1. The van der Waals surface area contributed by atoms with E-state index in [0.29, 0.717) is 11.1 Å². The highest BCUT2D eigenvalue weighted by Crippen LogP contribution is 2.38. The van der Waals surface area contributed by atoms with Crippen molar-refractivity contribution in [3.05, 3.63) is 59.7 Å². The molecule has 1 aliphatic heterocycles. The van der Waals surface area contributed by atoms with Gasteiger partial charge in [-0.15, -0.1) is 0 Å². The Kier molecular flexibility index (Phi) is 3.10. The Balaban J connectivity index is 2.03. The van der Waals surface area contributed by atoms with Gasteiger partial charge >= 0.3 is 0 Å². The fraction of sp³-hybridized carbons (Fsp3) is 0.125. The summed E-state index contributed by atoms with van der Waals surface area (Å²) in [6, 6.07) is 12.5. The van der Waals surface area contributed by atoms with Gasteiger partial charge in [-0.1, -0.05) is 24.3 Å². The summed E-state index contributed by atoms with van der Waals surface area (Å²) in [5.74, 6) is -1.79. The van der Waals surface area contributed by atoms with E-state index in [2.05, 4.69) is 5.32 Å². The van der Waals surface area contributed by atoms with Crippen molar-refractivity contribution in [2.75, 3.05) is 0 Å². The van der Waals surface area contributed by atoms with Crippen LogP contribution in [-0.4, -0.2) is 22.0 Å². The van der Waals surface area contributed by atoms with Crippen LogP contribution in [0.1, 0.15) is 23.0 Å². The maximum Gasteiger partial charge on any atom is 0.235 e. The first-order chi connectivity index (χ1) is 10.1. The molecule has 0 aromatic heterocycles. The van der Waals surface area contributed by atoms with Crippen molar-refractivity contribution >= 4 is 11.8 Å². The summed E-state index contributed by atoms with van der Waals surface area (Å²) in [7, 11) is 0. The first-order valence-electron chi connectivity index (χ1n) is 6.49. The molecule has 106 valence electrons. The number of aromatic hydroxyl groups is 2. The van der Waals surface area contributed by atoms with Gasteiger partial charge in [0, 0.05) is 0 Å². The molecule has 5 heteroatoms. The van der Waals surface area contributed by atoms with Crippen molar-refractivity contribution in [3.8, 4) is 11.5 Å². The van der Waals surface area contributed by atoms with Crippen LogP contribution in [-0.2, 0) is 9.59 Å². The Hall–Kier alpha value is -2.82. The van der Waals surface area contributed by atoms with Crippen molar-refractivity contribution < 1.29 is 19.8 Å². The molecule has 2 aromatic rings. The summed E-state index contributed by atoms with van der Waals surface area (Å²) in [5, 5.41) is 21.0. The molecular weight excluding hydrogens is 270 g/mol. The van der Waals surface area contributed by atoms with Crippen LogP contribution in [0, 0.1) is 0 Å². The highest BCUT2D eigenvalue weighted by molar-refractivity contribution is 6.10. The summed E-state index contributed by atoms with van der Waals surface area (Å²) in [6.07, 6.45) is 0. The van der Waals surface area contributed by atoms with Gasteiger partial charge in [-0.3, -0.25) is 14.9 Å². The van der Waals surface area contributed by atoms with Crippen LogP contribution in [0.25, 0.3) is 0 Å². The first kappa shape index (κ1) is 13.2. The Morgan fingerprint density at radius 3 is 1.33 bits per heavy atom. The average Bonchev–Trinajstić information content (AvgIpc) is 2.75. The van der Waals surface area contributed by atoms with Crippen LogP contribution in [0.2, 0.25) is 0 Å². The molecule has 0 unspecified atom stereocenters. The number of amides is 2. The molecule has 2 amide bonds. The number of nitrogens with one attached hydrogen (secondary N) is 1. The van der Waals surface area contributed by atoms with Gasteiger partial charge in [0.15, 0.2) is 0 Å². The molecule has 0 radical (unpaired) electrons. The molecular formula is C16H13NO4. The summed E-state index contributed by atoms with van der Waals surface area (Å²) >= 11 is 0. The lowest BCUT2D eigenvalue weighted by Gasteiger charge is -2.16. The van der Waals surface area contributed by atoms with Crippen LogP contribution in [0.5, 0.6) is 11.5 Å². The minimum Gasteiger partial charge on any atom is -0.508 e. The predicted molar refractivity (Wildman–Crippen MR) is 74.8 cm³/mol. The average molecular weight is 283 g/mol. The van der Waals surface area contributed by atoms with Gasteiger partial charge in [-0.25, -0.2) is 0 Å².